The Kier molecular flexibility index (Phi) is 37.9. The van der Waals surface area contributed by atoms with Crippen LogP contribution in [0.15, 0.2) is 0 Å². The monoisotopic (exact) mass is 453 g/mol. The molecule has 0 spiro atoms. The van der Waals surface area contributed by atoms with Crippen molar-refractivity contribution in [2.75, 3.05) is 23.0 Å². The molecular formula is C8H20BiS4. The fraction of sp³-hybridized carbons (Fsp3) is 1.00. The molecule has 0 aromatic carbocycles. The number of thiol groups is 4. The second-order valence-corrected chi connectivity index (χ2v) is 4.10. The molecule has 0 amide bonds. The topological polar surface area (TPSA) is 0 Å². The van der Waals surface area contributed by atoms with Gasteiger partial charge >= 0.3 is 0 Å². The summed E-state index contributed by atoms with van der Waals surface area (Å²) in [5.41, 5.74) is 0. The van der Waals surface area contributed by atoms with Gasteiger partial charge in [0.25, 0.3) is 0 Å². The molecule has 0 aromatic rings. The zero-order valence-electron chi connectivity index (χ0n) is 7.89. The maximum absolute atomic E-state index is 4.02. The van der Waals surface area contributed by atoms with Gasteiger partial charge in [0.1, 0.15) is 0 Å². The predicted octanol–water partition coefficient (Wildman–Crippen LogP) is 2.87. The second-order valence-electron chi connectivity index (χ2n) is 2.31. The van der Waals surface area contributed by atoms with Crippen molar-refractivity contribution in [2.24, 2.45) is 0 Å². The first-order valence-electron chi connectivity index (χ1n) is 4.26. The average Bonchev–Trinajstić information content (AvgIpc) is 2.12. The number of rotatable bonds is 6. The standard InChI is InChI=1S/2C4H10S2.Bi/c2*5-3-1-2-4-6;/h2*5-6H,1-4H2;. The van der Waals surface area contributed by atoms with E-state index in [1.54, 1.807) is 0 Å². The Labute approximate surface area is 124 Å². The van der Waals surface area contributed by atoms with Gasteiger partial charge in [-0.3, -0.25) is 0 Å². The van der Waals surface area contributed by atoms with E-state index in [0.29, 0.717) is 0 Å². The summed E-state index contributed by atoms with van der Waals surface area (Å²) < 4.78 is 0. The molecule has 0 fully saturated rings. The third-order valence-corrected chi connectivity index (χ3v) is 2.40. The van der Waals surface area contributed by atoms with Crippen LogP contribution >= 0.6 is 50.5 Å². The van der Waals surface area contributed by atoms with Crippen LogP contribution in [-0.4, -0.2) is 49.2 Å². The quantitative estimate of drug-likeness (QED) is 0.265. The first-order valence-corrected chi connectivity index (χ1v) is 6.79. The van der Waals surface area contributed by atoms with E-state index in [1.807, 2.05) is 0 Å². The van der Waals surface area contributed by atoms with Crippen LogP contribution in [0.2, 0.25) is 0 Å². The molecule has 13 heavy (non-hydrogen) atoms. The van der Waals surface area contributed by atoms with Crippen molar-refractivity contribution in [1.29, 1.82) is 0 Å². The van der Waals surface area contributed by atoms with Gasteiger partial charge in [0.05, 0.1) is 0 Å². The molecule has 0 aliphatic heterocycles. The smallest absolute Gasteiger partial charge is 0 e. The normalized spacial score (nSPS) is 8.31. The maximum Gasteiger partial charge on any atom is 0 e. The molecule has 0 unspecified atom stereocenters. The van der Waals surface area contributed by atoms with Crippen molar-refractivity contribution >= 4 is 76.7 Å². The van der Waals surface area contributed by atoms with Gasteiger partial charge in [-0.15, -0.1) is 0 Å². The fourth-order valence-electron chi connectivity index (χ4n) is 0.447. The van der Waals surface area contributed by atoms with Gasteiger partial charge in [-0.25, -0.2) is 0 Å². The molecule has 5 heteroatoms. The molecular weight excluding hydrogens is 433 g/mol. The van der Waals surface area contributed by atoms with Gasteiger partial charge in [-0.2, -0.15) is 50.5 Å². The minimum Gasteiger partial charge on any atom is -0.179 e. The largest absolute Gasteiger partial charge is 0.179 e. The molecule has 0 atom stereocenters. The van der Waals surface area contributed by atoms with Crippen LogP contribution in [0, 0.1) is 0 Å². The molecule has 0 N–H and O–H groups in total. The van der Waals surface area contributed by atoms with Crippen LogP contribution in [0.25, 0.3) is 0 Å². The summed E-state index contributed by atoms with van der Waals surface area (Å²) in [7, 11) is 0. The summed E-state index contributed by atoms with van der Waals surface area (Å²) >= 11 is 16.1. The molecule has 0 aliphatic carbocycles. The Bertz CT molecular complexity index is 48.1. The molecule has 0 saturated heterocycles. The first kappa shape index (κ1) is 20.7. The van der Waals surface area contributed by atoms with E-state index < -0.39 is 0 Å². The minimum absolute atomic E-state index is 0. The molecule has 0 aromatic heterocycles. The molecule has 0 heterocycles. The second kappa shape index (κ2) is 23.8. The Morgan fingerprint density at radius 1 is 0.462 bits per heavy atom. The Morgan fingerprint density at radius 3 is 0.692 bits per heavy atom. The summed E-state index contributed by atoms with van der Waals surface area (Å²) in [6.07, 6.45) is 4.80. The first-order chi connectivity index (χ1) is 5.83. The van der Waals surface area contributed by atoms with E-state index in [1.165, 1.54) is 25.7 Å². The van der Waals surface area contributed by atoms with E-state index in [9.17, 15) is 0 Å². The van der Waals surface area contributed by atoms with Crippen molar-refractivity contribution in [3.05, 3.63) is 0 Å². The van der Waals surface area contributed by atoms with Gasteiger partial charge in [0.15, 0.2) is 0 Å². The number of unbranched alkanes of at least 4 members (excludes halogenated alkanes) is 2. The Hall–Kier alpha value is 2.28. The van der Waals surface area contributed by atoms with E-state index in [4.69, 9.17) is 0 Å². The van der Waals surface area contributed by atoms with E-state index in [2.05, 4.69) is 50.5 Å². The SMILES string of the molecule is SCCCCS.SCCCCS.[Bi]. The zero-order valence-corrected chi connectivity index (χ0v) is 14.9. The van der Waals surface area contributed by atoms with Gasteiger partial charge in [-0.05, 0) is 48.7 Å². The van der Waals surface area contributed by atoms with Crippen molar-refractivity contribution in [2.45, 2.75) is 25.7 Å². The summed E-state index contributed by atoms with van der Waals surface area (Å²) in [5.74, 6) is 4.00. The zero-order chi connectivity index (χ0) is 9.66. The number of hydrogen-bond donors (Lipinski definition) is 4. The predicted molar refractivity (Wildman–Crippen MR) is 79.6 cm³/mol. The summed E-state index contributed by atoms with van der Waals surface area (Å²) in [4.78, 5) is 0. The van der Waals surface area contributed by atoms with Crippen molar-refractivity contribution in [3.8, 4) is 0 Å². The molecule has 0 saturated carbocycles. The van der Waals surface area contributed by atoms with Crippen LogP contribution in [0.3, 0.4) is 0 Å². The van der Waals surface area contributed by atoms with Gasteiger partial charge in [0.2, 0.25) is 0 Å². The molecule has 81 valence electrons. The molecule has 0 bridgehead atoms. The van der Waals surface area contributed by atoms with Crippen molar-refractivity contribution in [1.82, 2.24) is 0 Å². The Balaban J connectivity index is -0.000000143. The number of hydrogen-bond acceptors (Lipinski definition) is 4. The van der Waals surface area contributed by atoms with Gasteiger partial charge < -0.3 is 0 Å². The fourth-order valence-corrected chi connectivity index (χ4v) is 1.34. The Morgan fingerprint density at radius 2 is 0.615 bits per heavy atom. The van der Waals surface area contributed by atoms with Gasteiger partial charge in [-0.1, -0.05) is 0 Å². The van der Waals surface area contributed by atoms with E-state index in [0.717, 1.165) is 23.0 Å². The average molecular weight is 453 g/mol. The third-order valence-electron chi connectivity index (χ3n) is 1.13. The summed E-state index contributed by atoms with van der Waals surface area (Å²) in [6.45, 7) is 0. The van der Waals surface area contributed by atoms with E-state index in [-0.39, 0.29) is 26.2 Å². The third kappa shape index (κ3) is 31.4. The summed E-state index contributed by atoms with van der Waals surface area (Å²) in [5, 5.41) is 0. The van der Waals surface area contributed by atoms with Crippen molar-refractivity contribution in [3.63, 3.8) is 0 Å². The summed E-state index contributed by atoms with van der Waals surface area (Å²) in [6, 6.07) is 0. The molecule has 0 aliphatic rings. The van der Waals surface area contributed by atoms with Crippen LogP contribution < -0.4 is 0 Å². The maximum atomic E-state index is 4.02. The van der Waals surface area contributed by atoms with Crippen molar-refractivity contribution < 1.29 is 0 Å². The van der Waals surface area contributed by atoms with Crippen LogP contribution in [0.4, 0.5) is 0 Å². The van der Waals surface area contributed by atoms with Crippen LogP contribution in [0.1, 0.15) is 25.7 Å². The molecule has 0 nitrogen and oxygen atoms in total. The molecule has 3 radical (unpaired) electrons. The molecule has 0 rings (SSSR count). The van der Waals surface area contributed by atoms with Crippen LogP contribution in [0.5, 0.6) is 0 Å². The van der Waals surface area contributed by atoms with Gasteiger partial charge in [0, 0.05) is 26.2 Å². The van der Waals surface area contributed by atoms with Crippen LogP contribution in [-0.2, 0) is 0 Å². The van der Waals surface area contributed by atoms with E-state index >= 15 is 0 Å². The minimum atomic E-state index is 0.